The van der Waals surface area contributed by atoms with E-state index in [1.54, 1.807) is 0 Å². The van der Waals surface area contributed by atoms with Crippen LogP contribution in [0.15, 0.2) is 18.3 Å². The number of nitrogens with one attached hydrogen (secondary N) is 1. The summed E-state index contributed by atoms with van der Waals surface area (Å²) in [6.45, 7) is 5.75. The van der Waals surface area contributed by atoms with E-state index >= 15 is 0 Å². The van der Waals surface area contributed by atoms with Crippen molar-refractivity contribution in [2.24, 2.45) is 5.73 Å². The number of hydrogen-bond acceptors (Lipinski definition) is 4. The lowest BCUT2D eigenvalue weighted by atomic mass is 10.1. The summed E-state index contributed by atoms with van der Waals surface area (Å²) in [5.74, 6) is 0.0280. The average Bonchev–Trinajstić information content (AvgIpc) is 2.85. The van der Waals surface area contributed by atoms with E-state index in [0.29, 0.717) is 17.8 Å². The molecule has 5 nitrogen and oxygen atoms in total. The third kappa shape index (κ3) is 2.30. The maximum absolute atomic E-state index is 7.38. The molecule has 3 heterocycles. The average molecular weight is 259 g/mol. The zero-order valence-corrected chi connectivity index (χ0v) is 11.3. The molecule has 2 saturated heterocycles. The SMILES string of the molecule is CC1CN2CCCC2CN1c1ccc(C(=N)N)nc1. The number of anilines is 1. The van der Waals surface area contributed by atoms with Crippen LogP contribution >= 0.6 is 0 Å². The molecule has 19 heavy (non-hydrogen) atoms. The van der Waals surface area contributed by atoms with Crippen LogP contribution in [0.5, 0.6) is 0 Å². The van der Waals surface area contributed by atoms with E-state index in [4.69, 9.17) is 11.1 Å². The predicted molar refractivity (Wildman–Crippen MR) is 76.7 cm³/mol. The normalized spacial score (nSPS) is 27.3. The van der Waals surface area contributed by atoms with Crippen molar-refractivity contribution >= 4 is 11.5 Å². The van der Waals surface area contributed by atoms with Gasteiger partial charge in [0, 0.05) is 25.2 Å². The van der Waals surface area contributed by atoms with Gasteiger partial charge in [0.05, 0.1) is 11.9 Å². The molecule has 0 bridgehead atoms. The first-order chi connectivity index (χ1) is 9.15. The van der Waals surface area contributed by atoms with Gasteiger partial charge < -0.3 is 10.6 Å². The Morgan fingerprint density at radius 3 is 2.95 bits per heavy atom. The quantitative estimate of drug-likeness (QED) is 0.615. The number of nitrogen functional groups attached to an aromatic ring is 1. The van der Waals surface area contributed by atoms with Crippen molar-refractivity contribution in [1.82, 2.24) is 9.88 Å². The standard InChI is InChI=1S/C14H21N5/c1-10-8-18-6-2-3-12(18)9-19(10)11-4-5-13(14(15)16)17-7-11/h4-5,7,10,12H,2-3,6,8-9H2,1H3,(H3,15,16). The Morgan fingerprint density at radius 2 is 2.26 bits per heavy atom. The molecular formula is C14H21N5. The number of nitrogens with two attached hydrogens (primary N) is 1. The molecule has 1 aromatic heterocycles. The van der Waals surface area contributed by atoms with Crippen LogP contribution in [0.3, 0.4) is 0 Å². The first kappa shape index (κ1) is 12.4. The topological polar surface area (TPSA) is 69.2 Å². The zero-order chi connectivity index (χ0) is 13.4. The molecule has 102 valence electrons. The van der Waals surface area contributed by atoms with E-state index in [1.165, 1.54) is 19.4 Å². The lowest BCUT2D eigenvalue weighted by Crippen LogP contribution is -2.55. The molecule has 1 aromatic rings. The molecule has 2 fully saturated rings. The van der Waals surface area contributed by atoms with Crippen molar-refractivity contribution in [3.63, 3.8) is 0 Å². The Morgan fingerprint density at radius 1 is 1.42 bits per heavy atom. The number of piperazine rings is 1. The minimum Gasteiger partial charge on any atom is -0.382 e. The van der Waals surface area contributed by atoms with Gasteiger partial charge in [-0.25, -0.2) is 0 Å². The molecule has 3 N–H and O–H groups in total. The highest BCUT2D eigenvalue weighted by Gasteiger charge is 2.34. The Balaban J connectivity index is 1.79. The highest BCUT2D eigenvalue weighted by molar-refractivity contribution is 5.93. The van der Waals surface area contributed by atoms with Crippen LogP contribution in [-0.4, -0.2) is 47.4 Å². The number of hydrogen-bond donors (Lipinski definition) is 2. The van der Waals surface area contributed by atoms with Crippen LogP contribution in [0.25, 0.3) is 0 Å². The molecule has 0 aromatic carbocycles. The van der Waals surface area contributed by atoms with Gasteiger partial charge in [0.1, 0.15) is 11.5 Å². The van der Waals surface area contributed by atoms with Crippen LogP contribution in [0.1, 0.15) is 25.5 Å². The molecule has 3 rings (SSSR count). The van der Waals surface area contributed by atoms with Gasteiger partial charge in [-0.05, 0) is 38.4 Å². The minimum atomic E-state index is 0.0280. The summed E-state index contributed by atoms with van der Waals surface area (Å²) in [6.07, 6.45) is 4.48. The van der Waals surface area contributed by atoms with Crippen LogP contribution in [0.2, 0.25) is 0 Å². The van der Waals surface area contributed by atoms with Crippen LogP contribution < -0.4 is 10.6 Å². The van der Waals surface area contributed by atoms with E-state index in [9.17, 15) is 0 Å². The second-order valence-electron chi connectivity index (χ2n) is 5.61. The molecule has 0 amide bonds. The first-order valence-corrected chi connectivity index (χ1v) is 6.96. The van der Waals surface area contributed by atoms with E-state index in [0.717, 1.165) is 18.8 Å². The molecule has 0 spiro atoms. The maximum Gasteiger partial charge on any atom is 0.141 e. The van der Waals surface area contributed by atoms with Crippen molar-refractivity contribution in [1.29, 1.82) is 5.41 Å². The van der Waals surface area contributed by atoms with Gasteiger partial charge in [0.25, 0.3) is 0 Å². The first-order valence-electron chi connectivity index (χ1n) is 6.96. The molecule has 2 aliphatic heterocycles. The summed E-state index contributed by atoms with van der Waals surface area (Å²) in [4.78, 5) is 9.31. The molecule has 0 radical (unpaired) electrons. The lowest BCUT2D eigenvalue weighted by molar-refractivity contribution is 0.203. The minimum absolute atomic E-state index is 0.0280. The van der Waals surface area contributed by atoms with E-state index < -0.39 is 0 Å². The second kappa shape index (κ2) is 4.81. The fraction of sp³-hybridized carbons (Fsp3) is 0.571. The van der Waals surface area contributed by atoms with Gasteiger partial charge in [-0.3, -0.25) is 15.3 Å². The van der Waals surface area contributed by atoms with Crippen molar-refractivity contribution in [3.05, 3.63) is 24.0 Å². The van der Waals surface area contributed by atoms with E-state index in [1.807, 2.05) is 18.3 Å². The van der Waals surface area contributed by atoms with Gasteiger partial charge in [-0.2, -0.15) is 0 Å². The van der Waals surface area contributed by atoms with Gasteiger partial charge in [0.2, 0.25) is 0 Å². The van der Waals surface area contributed by atoms with Crippen LogP contribution in [-0.2, 0) is 0 Å². The number of nitrogens with zero attached hydrogens (tertiary/aromatic N) is 3. The summed E-state index contributed by atoms with van der Waals surface area (Å²) in [6, 6.07) is 5.08. The highest BCUT2D eigenvalue weighted by atomic mass is 15.3. The Labute approximate surface area is 113 Å². The van der Waals surface area contributed by atoms with Gasteiger partial charge in [0.15, 0.2) is 0 Å². The summed E-state index contributed by atoms with van der Waals surface area (Å²) in [5, 5.41) is 7.38. The predicted octanol–water partition coefficient (Wildman–Crippen LogP) is 1.04. The third-order valence-electron chi connectivity index (χ3n) is 4.29. The summed E-state index contributed by atoms with van der Waals surface area (Å²) < 4.78 is 0. The Bertz CT molecular complexity index is 469. The van der Waals surface area contributed by atoms with Crippen molar-refractivity contribution in [2.75, 3.05) is 24.5 Å². The molecule has 0 aliphatic carbocycles. The number of rotatable bonds is 2. The molecule has 2 atom stereocenters. The lowest BCUT2D eigenvalue weighted by Gasteiger charge is -2.43. The monoisotopic (exact) mass is 259 g/mol. The van der Waals surface area contributed by atoms with Gasteiger partial charge >= 0.3 is 0 Å². The van der Waals surface area contributed by atoms with E-state index in [2.05, 4.69) is 21.7 Å². The smallest absolute Gasteiger partial charge is 0.141 e. The fourth-order valence-electron chi connectivity index (χ4n) is 3.26. The van der Waals surface area contributed by atoms with Crippen molar-refractivity contribution in [2.45, 2.75) is 31.8 Å². The van der Waals surface area contributed by atoms with Gasteiger partial charge in [-0.15, -0.1) is 0 Å². The number of pyridine rings is 1. The number of aromatic nitrogens is 1. The largest absolute Gasteiger partial charge is 0.382 e. The number of fused-ring (bicyclic) bond motifs is 1. The van der Waals surface area contributed by atoms with Crippen LogP contribution in [0.4, 0.5) is 5.69 Å². The van der Waals surface area contributed by atoms with Crippen LogP contribution in [0, 0.1) is 5.41 Å². The van der Waals surface area contributed by atoms with Crippen molar-refractivity contribution < 1.29 is 0 Å². The summed E-state index contributed by atoms with van der Waals surface area (Å²) >= 11 is 0. The summed E-state index contributed by atoms with van der Waals surface area (Å²) in [5.41, 5.74) is 7.13. The fourth-order valence-corrected chi connectivity index (χ4v) is 3.26. The summed E-state index contributed by atoms with van der Waals surface area (Å²) in [7, 11) is 0. The molecular weight excluding hydrogens is 238 g/mol. The van der Waals surface area contributed by atoms with Crippen molar-refractivity contribution in [3.8, 4) is 0 Å². The Kier molecular flexibility index (Phi) is 3.14. The Hall–Kier alpha value is -1.62. The molecule has 0 saturated carbocycles. The molecule has 5 heteroatoms. The third-order valence-corrected chi connectivity index (χ3v) is 4.29. The number of amidine groups is 1. The second-order valence-corrected chi connectivity index (χ2v) is 5.61. The highest BCUT2D eigenvalue weighted by Crippen LogP contribution is 2.28. The van der Waals surface area contributed by atoms with Gasteiger partial charge in [-0.1, -0.05) is 0 Å². The zero-order valence-electron chi connectivity index (χ0n) is 11.3. The molecule has 2 unspecified atom stereocenters. The maximum atomic E-state index is 7.38. The molecule has 2 aliphatic rings. The van der Waals surface area contributed by atoms with E-state index in [-0.39, 0.29) is 5.84 Å².